The highest BCUT2D eigenvalue weighted by Crippen LogP contribution is 2.33. The van der Waals surface area contributed by atoms with Crippen molar-refractivity contribution in [3.8, 4) is 11.5 Å². The second kappa shape index (κ2) is 10.7. The summed E-state index contributed by atoms with van der Waals surface area (Å²) in [6, 6.07) is 14.1. The molecule has 0 aliphatic carbocycles. The molecule has 0 saturated carbocycles. The molecule has 0 atom stereocenters. The Morgan fingerprint density at radius 1 is 1.00 bits per heavy atom. The van der Waals surface area contributed by atoms with Gasteiger partial charge in [0.25, 0.3) is 5.91 Å². The van der Waals surface area contributed by atoms with Gasteiger partial charge in [0.15, 0.2) is 11.5 Å². The topological polar surface area (TPSA) is 59.1 Å². The third kappa shape index (κ3) is 5.66. The van der Waals surface area contributed by atoms with Crippen molar-refractivity contribution in [2.75, 3.05) is 13.3 Å². The van der Waals surface area contributed by atoms with Crippen LogP contribution in [0.15, 0.2) is 53.9 Å². The van der Waals surface area contributed by atoms with Crippen LogP contribution in [-0.4, -0.2) is 41.0 Å². The Hall–Kier alpha value is -2.74. The average Bonchev–Trinajstić information content (AvgIpc) is 3.49. The van der Waals surface area contributed by atoms with E-state index in [4.69, 9.17) is 32.7 Å². The molecule has 0 fully saturated rings. The van der Waals surface area contributed by atoms with Crippen molar-refractivity contribution in [3.05, 3.63) is 80.0 Å². The number of nitrogens with zero attached hydrogens (tertiary/aromatic N) is 2. The SMILES string of the molecule is CC(C)N(CC(=O)N(Cc1ccc2c(c1)OCO2)Cc1cccs1)C(=O)c1ccc(Cl)c(Cl)c1. The quantitative estimate of drug-likeness (QED) is 0.374. The molecule has 2 amide bonds. The summed E-state index contributed by atoms with van der Waals surface area (Å²) in [6.45, 7) is 4.70. The van der Waals surface area contributed by atoms with Crippen LogP contribution in [0.5, 0.6) is 11.5 Å². The van der Waals surface area contributed by atoms with Crippen molar-refractivity contribution in [1.82, 2.24) is 9.80 Å². The van der Waals surface area contributed by atoms with Gasteiger partial charge in [0, 0.05) is 23.0 Å². The van der Waals surface area contributed by atoms with Gasteiger partial charge in [0.05, 0.1) is 16.6 Å². The summed E-state index contributed by atoms with van der Waals surface area (Å²) in [7, 11) is 0. The number of hydrogen-bond acceptors (Lipinski definition) is 5. The van der Waals surface area contributed by atoms with Crippen molar-refractivity contribution in [1.29, 1.82) is 0 Å². The van der Waals surface area contributed by atoms with Gasteiger partial charge in [-0.1, -0.05) is 35.3 Å². The van der Waals surface area contributed by atoms with E-state index in [1.807, 2.05) is 49.6 Å². The molecule has 178 valence electrons. The number of carbonyl (C=O) groups excluding carboxylic acids is 2. The number of hydrogen-bond donors (Lipinski definition) is 0. The summed E-state index contributed by atoms with van der Waals surface area (Å²) in [5.74, 6) is 0.923. The van der Waals surface area contributed by atoms with E-state index in [0.717, 1.165) is 10.4 Å². The van der Waals surface area contributed by atoms with Crippen LogP contribution < -0.4 is 9.47 Å². The number of ether oxygens (including phenoxy) is 2. The average molecular weight is 519 g/mol. The van der Waals surface area contributed by atoms with E-state index in [9.17, 15) is 9.59 Å². The lowest BCUT2D eigenvalue weighted by Crippen LogP contribution is -2.45. The van der Waals surface area contributed by atoms with Gasteiger partial charge >= 0.3 is 0 Å². The first-order valence-electron chi connectivity index (χ1n) is 10.8. The summed E-state index contributed by atoms with van der Waals surface area (Å²) in [5, 5.41) is 2.65. The number of halogens is 2. The molecule has 1 aliphatic heterocycles. The Morgan fingerprint density at radius 2 is 1.79 bits per heavy atom. The zero-order chi connectivity index (χ0) is 24.2. The maximum atomic E-state index is 13.5. The molecule has 3 aromatic rings. The summed E-state index contributed by atoms with van der Waals surface area (Å²) in [5.41, 5.74) is 1.30. The maximum Gasteiger partial charge on any atom is 0.254 e. The predicted molar refractivity (Wildman–Crippen MR) is 134 cm³/mol. The molecule has 2 heterocycles. The van der Waals surface area contributed by atoms with E-state index in [1.165, 1.54) is 6.07 Å². The van der Waals surface area contributed by atoms with Crippen molar-refractivity contribution in [2.24, 2.45) is 0 Å². The van der Waals surface area contributed by atoms with Gasteiger partial charge in [-0.3, -0.25) is 9.59 Å². The van der Waals surface area contributed by atoms with Gasteiger partial charge in [0.1, 0.15) is 6.54 Å². The second-order valence-electron chi connectivity index (χ2n) is 8.17. The van der Waals surface area contributed by atoms with E-state index in [-0.39, 0.29) is 31.2 Å². The molecule has 0 radical (unpaired) electrons. The van der Waals surface area contributed by atoms with Gasteiger partial charge < -0.3 is 19.3 Å². The Balaban J connectivity index is 1.55. The molecule has 0 bridgehead atoms. The number of carbonyl (C=O) groups is 2. The monoisotopic (exact) mass is 518 g/mol. The largest absolute Gasteiger partial charge is 0.454 e. The first-order valence-corrected chi connectivity index (χ1v) is 12.4. The van der Waals surface area contributed by atoms with Crippen molar-refractivity contribution in [2.45, 2.75) is 33.0 Å². The molecule has 0 saturated heterocycles. The van der Waals surface area contributed by atoms with Gasteiger partial charge in [-0.15, -0.1) is 11.3 Å². The maximum absolute atomic E-state index is 13.5. The molecule has 6 nitrogen and oxygen atoms in total. The van der Waals surface area contributed by atoms with Crippen LogP contribution in [0.4, 0.5) is 0 Å². The van der Waals surface area contributed by atoms with Gasteiger partial charge in [-0.05, 0) is 61.2 Å². The first kappa shape index (κ1) is 24.4. The molecule has 9 heteroatoms. The Kier molecular flexibility index (Phi) is 7.66. The summed E-state index contributed by atoms with van der Waals surface area (Å²) >= 11 is 13.7. The number of benzene rings is 2. The third-order valence-electron chi connectivity index (χ3n) is 5.45. The Labute approximate surface area is 212 Å². The zero-order valence-electron chi connectivity index (χ0n) is 18.8. The molecule has 1 aliphatic rings. The van der Waals surface area contributed by atoms with E-state index in [1.54, 1.807) is 33.3 Å². The van der Waals surface area contributed by atoms with E-state index < -0.39 is 0 Å². The second-order valence-corrected chi connectivity index (χ2v) is 10.0. The number of amides is 2. The molecule has 2 aromatic carbocycles. The van der Waals surface area contributed by atoms with Gasteiger partial charge in [0.2, 0.25) is 12.7 Å². The van der Waals surface area contributed by atoms with Crippen LogP contribution in [0, 0.1) is 0 Å². The fourth-order valence-corrected chi connectivity index (χ4v) is 4.63. The summed E-state index contributed by atoms with van der Waals surface area (Å²) in [4.78, 5) is 31.1. The van der Waals surface area contributed by atoms with E-state index in [0.29, 0.717) is 40.2 Å². The van der Waals surface area contributed by atoms with Crippen molar-refractivity contribution >= 4 is 46.4 Å². The third-order valence-corrected chi connectivity index (χ3v) is 7.05. The smallest absolute Gasteiger partial charge is 0.254 e. The highest BCUT2D eigenvalue weighted by atomic mass is 35.5. The Bertz CT molecular complexity index is 1180. The number of rotatable bonds is 8. The first-order chi connectivity index (χ1) is 16.3. The normalized spacial score (nSPS) is 12.1. The van der Waals surface area contributed by atoms with Crippen molar-refractivity contribution < 1.29 is 19.1 Å². The van der Waals surface area contributed by atoms with Crippen molar-refractivity contribution in [3.63, 3.8) is 0 Å². The fraction of sp³-hybridized carbons (Fsp3) is 0.280. The highest BCUT2D eigenvalue weighted by molar-refractivity contribution is 7.09. The molecule has 0 N–H and O–H groups in total. The molecule has 4 rings (SSSR count). The minimum atomic E-state index is -0.277. The van der Waals surface area contributed by atoms with Gasteiger partial charge in [-0.25, -0.2) is 0 Å². The van der Waals surface area contributed by atoms with Gasteiger partial charge in [-0.2, -0.15) is 0 Å². The van der Waals surface area contributed by atoms with Crippen LogP contribution in [0.25, 0.3) is 0 Å². The summed E-state index contributed by atoms with van der Waals surface area (Å²) in [6.07, 6.45) is 0. The standard InChI is InChI=1S/C25H24Cl2N2O4S/c1-16(2)29(25(31)18-6-7-20(26)21(27)11-18)14-24(30)28(13-19-4-3-9-34-19)12-17-5-8-22-23(10-17)33-15-32-22/h3-11,16H,12-15H2,1-2H3. The minimum Gasteiger partial charge on any atom is -0.454 e. The summed E-state index contributed by atoms with van der Waals surface area (Å²) < 4.78 is 10.9. The van der Waals surface area contributed by atoms with E-state index >= 15 is 0 Å². The Morgan fingerprint density at radius 3 is 2.50 bits per heavy atom. The number of thiophene rings is 1. The van der Waals surface area contributed by atoms with Crippen LogP contribution in [0.3, 0.4) is 0 Å². The van der Waals surface area contributed by atoms with Crippen LogP contribution in [0.2, 0.25) is 10.0 Å². The predicted octanol–water partition coefficient (Wildman–Crippen LogP) is 5.86. The molecular formula is C25H24Cl2N2O4S. The minimum absolute atomic E-state index is 0.0628. The molecule has 34 heavy (non-hydrogen) atoms. The number of fused-ring (bicyclic) bond motifs is 1. The molecule has 0 spiro atoms. The molecular weight excluding hydrogens is 495 g/mol. The van der Waals surface area contributed by atoms with Crippen LogP contribution >= 0.6 is 34.5 Å². The molecule has 0 unspecified atom stereocenters. The molecule has 1 aromatic heterocycles. The zero-order valence-corrected chi connectivity index (χ0v) is 21.1. The lowest BCUT2D eigenvalue weighted by Gasteiger charge is -2.30. The highest BCUT2D eigenvalue weighted by Gasteiger charge is 2.26. The lowest BCUT2D eigenvalue weighted by molar-refractivity contribution is -0.133. The fourth-order valence-electron chi connectivity index (χ4n) is 3.61. The van der Waals surface area contributed by atoms with Crippen LogP contribution in [0.1, 0.15) is 34.6 Å². The lowest BCUT2D eigenvalue weighted by atomic mass is 10.1. The van der Waals surface area contributed by atoms with E-state index in [2.05, 4.69) is 0 Å². The van der Waals surface area contributed by atoms with Crippen LogP contribution in [-0.2, 0) is 17.9 Å².